The molecule has 0 fully saturated rings. The van der Waals surface area contributed by atoms with E-state index in [4.69, 9.17) is 28.4 Å². The minimum absolute atomic E-state index is 0.115. The molecule has 5 rings (SSSR count). The number of aromatic nitrogens is 1. The highest BCUT2D eigenvalue weighted by Crippen LogP contribution is 2.41. The molecule has 2 aromatic carbocycles. The molecule has 3 aromatic rings. The smallest absolute Gasteiger partial charge is 0.260 e. The van der Waals surface area contributed by atoms with E-state index in [1.165, 1.54) is 0 Å². The Bertz CT molecular complexity index is 1140. The lowest BCUT2D eigenvalue weighted by Crippen LogP contribution is -2.09. The minimum Gasteiger partial charge on any atom is -0.454 e. The molecule has 29 heavy (non-hydrogen) atoms. The largest absolute Gasteiger partial charge is 0.454 e. The van der Waals surface area contributed by atoms with E-state index in [0.29, 0.717) is 47.1 Å². The summed E-state index contributed by atoms with van der Waals surface area (Å²) in [5.74, 6) is 2.39. The first-order chi connectivity index (χ1) is 14.2. The van der Waals surface area contributed by atoms with E-state index in [2.05, 4.69) is 4.98 Å². The third kappa shape index (κ3) is 3.16. The van der Waals surface area contributed by atoms with Gasteiger partial charge in [-0.2, -0.15) is 0 Å². The summed E-state index contributed by atoms with van der Waals surface area (Å²) < 4.78 is 32.3. The molecule has 0 saturated heterocycles. The first kappa shape index (κ1) is 17.8. The third-order valence-corrected chi connectivity index (χ3v) is 4.95. The van der Waals surface area contributed by atoms with Gasteiger partial charge >= 0.3 is 0 Å². The number of methoxy groups -OCH3 is 1. The Kier molecular flexibility index (Phi) is 4.49. The van der Waals surface area contributed by atoms with Gasteiger partial charge in [0.1, 0.15) is 6.79 Å². The van der Waals surface area contributed by atoms with Gasteiger partial charge in [-0.1, -0.05) is 6.07 Å². The van der Waals surface area contributed by atoms with Gasteiger partial charge in [0.15, 0.2) is 23.0 Å². The van der Waals surface area contributed by atoms with E-state index in [1.54, 1.807) is 7.11 Å². The van der Waals surface area contributed by atoms with Crippen LogP contribution in [-0.2, 0) is 15.9 Å². The number of benzene rings is 2. The molecule has 0 saturated carbocycles. The molecular weight excluding hydrogens is 378 g/mol. The molecule has 1 N–H and O–H groups in total. The molecule has 0 bridgehead atoms. The molecule has 0 atom stereocenters. The standard InChI is InChI=1S/C21H19NO7/c1-24-9-25-5-4-12-7-17-18(28-10-27-17)8-14(12)15-6-13-2-3-16-20(29-11-26-16)19(13)21(23)22-15/h2-3,6-8H,4-5,9-11H2,1H3,(H,22,23). The van der Waals surface area contributed by atoms with Crippen molar-refractivity contribution in [3.63, 3.8) is 0 Å². The zero-order valence-electron chi connectivity index (χ0n) is 15.8. The number of H-pyrrole nitrogens is 1. The van der Waals surface area contributed by atoms with Gasteiger partial charge in [-0.15, -0.1) is 0 Å². The average molecular weight is 397 g/mol. The number of aromatic amines is 1. The van der Waals surface area contributed by atoms with Gasteiger partial charge in [0, 0.05) is 18.4 Å². The van der Waals surface area contributed by atoms with Gasteiger partial charge in [0.25, 0.3) is 5.56 Å². The van der Waals surface area contributed by atoms with Crippen molar-refractivity contribution in [2.24, 2.45) is 0 Å². The number of rotatable bonds is 6. The average Bonchev–Trinajstić information content (AvgIpc) is 3.38. The van der Waals surface area contributed by atoms with Crippen LogP contribution in [0.5, 0.6) is 23.0 Å². The first-order valence-electron chi connectivity index (χ1n) is 9.20. The monoisotopic (exact) mass is 397 g/mol. The van der Waals surface area contributed by atoms with Crippen LogP contribution in [0.3, 0.4) is 0 Å². The second-order valence-electron chi connectivity index (χ2n) is 6.70. The van der Waals surface area contributed by atoms with Gasteiger partial charge in [-0.25, -0.2) is 0 Å². The number of fused-ring (bicyclic) bond motifs is 4. The van der Waals surface area contributed by atoms with Gasteiger partial charge in [-0.3, -0.25) is 4.79 Å². The molecule has 1 aromatic heterocycles. The molecule has 0 aliphatic carbocycles. The molecule has 2 aliphatic heterocycles. The van der Waals surface area contributed by atoms with Gasteiger partial charge < -0.3 is 33.4 Å². The Hall–Kier alpha value is -3.23. The Morgan fingerprint density at radius 3 is 2.66 bits per heavy atom. The summed E-state index contributed by atoms with van der Waals surface area (Å²) in [5.41, 5.74) is 2.27. The van der Waals surface area contributed by atoms with Crippen molar-refractivity contribution in [1.29, 1.82) is 0 Å². The van der Waals surface area contributed by atoms with E-state index in [0.717, 1.165) is 16.5 Å². The van der Waals surface area contributed by atoms with Crippen LogP contribution in [0.4, 0.5) is 0 Å². The molecule has 0 radical (unpaired) electrons. The van der Waals surface area contributed by atoms with Crippen molar-refractivity contribution in [1.82, 2.24) is 4.98 Å². The Balaban J connectivity index is 1.60. The number of pyridine rings is 1. The quantitative estimate of drug-likeness (QED) is 0.505. The van der Waals surface area contributed by atoms with Crippen LogP contribution in [-0.4, -0.2) is 39.1 Å². The Morgan fingerprint density at radius 2 is 1.79 bits per heavy atom. The van der Waals surface area contributed by atoms with Crippen LogP contribution in [0.25, 0.3) is 22.0 Å². The van der Waals surface area contributed by atoms with E-state index in [-0.39, 0.29) is 25.9 Å². The lowest BCUT2D eigenvalue weighted by Gasteiger charge is -2.13. The SMILES string of the molecule is COCOCCc1cc2c(cc1-c1cc3ccc4c(c3c(=O)[nH]1)OCO4)OCO2. The predicted octanol–water partition coefficient (Wildman–Crippen LogP) is 2.82. The zero-order valence-corrected chi connectivity index (χ0v) is 15.8. The molecule has 0 spiro atoms. The first-order valence-corrected chi connectivity index (χ1v) is 9.20. The highest BCUT2D eigenvalue weighted by Gasteiger charge is 2.22. The third-order valence-electron chi connectivity index (χ3n) is 4.95. The number of nitrogens with one attached hydrogen (secondary N) is 1. The summed E-state index contributed by atoms with van der Waals surface area (Å²) in [4.78, 5) is 15.9. The van der Waals surface area contributed by atoms with E-state index >= 15 is 0 Å². The maximum atomic E-state index is 12.9. The number of hydrogen-bond donors (Lipinski definition) is 1. The van der Waals surface area contributed by atoms with Crippen LogP contribution in [0, 0.1) is 0 Å². The molecule has 8 nitrogen and oxygen atoms in total. The topological polar surface area (TPSA) is 88.2 Å². The summed E-state index contributed by atoms with van der Waals surface area (Å²) in [5, 5.41) is 1.25. The van der Waals surface area contributed by atoms with Crippen LogP contribution < -0.4 is 24.5 Å². The summed E-state index contributed by atoms with van der Waals surface area (Å²) in [6.45, 7) is 0.983. The van der Waals surface area contributed by atoms with Gasteiger partial charge in [0.2, 0.25) is 13.6 Å². The predicted molar refractivity (Wildman–Crippen MR) is 104 cm³/mol. The van der Waals surface area contributed by atoms with Gasteiger partial charge in [-0.05, 0) is 41.6 Å². The molecule has 150 valence electrons. The highest BCUT2D eigenvalue weighted by molar-refractivity contribution is 5.92. The Labute approximate surface area is 165 Å². The minimum atomic E-state index is -0.237. The zero-order chi connectivity index (χ0) is 19.8. The van der Waals surface area contributed by atoms with E-state index in [9.17, 15) is 4.79 Å². The lowest BCUT2D eigenvalue weighted by atomic mass is 9.99. The highest BCUT2D eigenvalue weighted by atomic mass is 16.7. The number of ether oxygens (including phenoxy) is 6. The fourth-order valence-corrected chi connectivity index (χ4v) is 3.63. The molecule has 3 heterocycles. The van der Waals surface area contributed by atoms with Crippen molar-refractivity contribution < 1.29 is 28.4 Å². The van der Waals surface area contributed by atoms with Crippen LogP contribution in [0.1, 0.15) is 5.56 Å². The lowest BCUT2D eigenvalue weighted by molar-refractivity contribution is -0.0291. The molecular formula is C21H19NO7. The summed E-state index contributed by atoms with van der Waals surface area (Å²) >= 11 is 0. The Morgan fingerprint density at radius 1 is 1.00 bits per heavy atom. The molecule has 0 unspecified atom stereocenters. The summed E-state index contributed by atoms with van der Waals surface area (Å²) in [6.07, 6.45) is 0.622. The van der Waals surface area contributed by atoms with Crippen molar-refractivity contribution in [2.75, 3.05) is 34.1 Å². The molecule has 8 heteroatoms. The van der Waals surface area contributed by atoms with Crippen LogP contribution >= 0.6 is 0 Å². The van der Waals surface area contributed by atoms with Crippen molar-refractivity contribution >= 4 is 10.8 Å². The second-order valence-corrected chi connectivity index (χ2v) is 6.70. The maximum absolute atomic E-state index is 12.9. The molecule has 2 aliphatic rings. The summed E-state index contributed by atoms with van der Waals surface area (Å²) in [7, 11) is 1.58. The fraction of sp³-hybridized carbons (Fsp3) is 0.286. The fourth-order valence-electron chi connectivity index (χ4n) is 3.63. The second kappa shape index (κ2) is 7.31. The molecule has 0 amide bonds. The van der Waals surface area contributed by atoms with E-state index < -0.39 is 0 Å². The van der Waals surface area contributed by atoms with Crippen LogP contribution in [0.2, 0.25) is 0 Å². The van der Waals surface area contributed by atoms with Crippen molar-refractivity contribution in [3.8, 4) is 34.3 Å². The maximum Gasteiger partial charge on any atom is 0.260 e. The number of hydrogen-bond acceptors (Lipinski definition) is 7. The van der Waals surface area contributed by atoms with E-state index in [1.807, 2.05) is 30.3 Å². The van der Waals surface area contributed by atoms with Crippen LogP contribution in [0.15, 0.2) is 35.1 Å². The van der Waals surface area contributed by atoms with Gasteiger partial charge in [0.05, 0.1) is 12.0 Å². The van der Waals surface area contributed by atoms with Crippen molar-refractivity contribution in [2.45, 2.75) is 6.42 Å². The normalized spacial score (nSPS) is 14.0. The van der Waals surface area contributed by atoms with Crippen molar-refractivity contribution in [3.05, 3.63) is 46.2 Å². The summed E-state index contributed by atoms with van der Waals surface area (Å²) in [6, 6.07) is 9.41.